The minimum absolute atomic E-state index is 0.144. The fraction of sp³-hybridized carbons (Fsp3) is 0.379. The highest BCUT2D eigenvalue weighted by Crippen LogP contribution is 2.49. The van der Waals surface area contributed by atoms with Gasteiger partial charge in [0.25, 0.3) is 5.91 Å². The summed E-state index contributed by atoms with van der Waals surface area (Å²) in [5, 5.41) is 1.03. The first kappa shape index (κ1) is 24.0. The van der Waals surface area contributed by atoms with E-state index in [1.807, 2.05) is 74.3 Å². The number of nitrogens with zero attached hydrogens (tertiary/aromatic N) is 3. The Bertz CT molecular complexity index is 1340. The quantitative estimate of drug-likeness (QED) is 0.385. The second-order valence-electron chi connectivity index (χ2n) is 9.83. The normalized spacial score (nSPS) is 21.1. The minimum Gasteiger partial charge on any atom is -0.494 e. The fourth-order valence-corrected chi connectivity index (χ4v) is 5.66. The molecule has 186 valence electrons. The van der Waals surface area contributed by atoms with Gasteiger partial charge in [0.15, 0.2) is 0 Å². The molecule has 36 heavy (non-hydrogen) atoms. The summed E-state index contributed by atoms with van der Waals surface area (Å²) in [6.07, 6.45) is 6.52. The van der Waals surface area contributed by atoms with Gasteiger partial charge in [-0.25, -0.2) is 4.79 Å². The summed E-state index contributed by atoms with van der Waals surface area (Å²) in [7, 11) is 1.94. The first-order chi connectivity index (χ1) is 17.4. The van der Waals surface area contributed by atoms with Crippen LogP contribution >= 0.6 is 0 Å². The number of imide groups is 1. The first-order valence-electron chi connectivity index (χ1n) is 12.5. The van der Waals surface area contributed by atoms with Crippen molar-refractivity contribution in [2.24, 2.45) is 0 Å². The van der Waals surface area contributed by atoms with Gasteiger partial charge in [-0.15, -0.1) is 6.42 Å². The number of hydrogen-bond acceptors (Lipinski definition) is 4. The van der Waals surface area contributed by atoms with E-state index in [9.17, 15) is 9.59 Å². The summed E-state index contributed by atoms with van der Waals surface area (Å²) in [4.78, 5) is 36.5. The van der Waals surface area contributed by atoms with Gasteiger partial charge < -0.3 is 9.72 Å². The molecule has 0 saturated carbocycles. The molecule has 1 fully saturated rings. The van der Waals surface area contributed by atoms with Crippen molar-refractivity contribution in [1.29, 1.82) is 0 Å². The molecule has 1 saturated heterocycles. The van der Waals surface area contributed by atoms with Crippen LogP contribution in [0.3, 0.4) is 0 Å². The lowest BCUT2D eigenvalue weighted by molar-refractivity contribution is -0.133. The number of hydrogen-bond donors (Lipinski definition) is 1. The number of amides is 3. The molecule has 3 heterocycles. The number of nitrogens with one attached hydrogen (secondary N) is 1. The Balaban J connectivity index is 1.57. The number of carbonyl (C=O) groups is 2. The molecule has 3 amide bonds. The van der Waals surface area contributed by atoms with Crippen LogP contribution in [0.15, 0.2) is 48.5 Å². The lowest BCUT2D eigenvalue weighted by Crippen LogP contribution is -2.53. The third kappa shape index (κ3) is 3.82. The summed E-state index contributed by atoms with van der Waals surface area (Å²) in [6, 6.07) is 15.3. The summed E-state index contributed by atoms with van der Waals surface area (Å²) in [5.74, 6) is 3.27. The maximum absolute atomic E-state index is 13.9. The second kappa shape index (κ2) is 9.36. The highest BCUT2D eigenvalue weighted by Gasteiger charge is 2.59. The summed E-state index contributed by atoms with van der Waals surface area (Å²) in [6.45, 7) is 6.06. The maximum atomic E-state index is 13.9. The largest absolute Gasteiger partial charge is 0.494 e. The van der Waals surface area contributed by atoms with Crippen LogP contribution < -0.4 is 4.74 Å². The van der Waals surface area contributed by atoms with E-state index < -0.39 is 11.6 Å². The molecule has 0 unspecified atom stereocenters. The number of urea groups is 1. The van der Waals surface area contributed by atoms with E-state index in [1.54, 1.807) is 4.90 Å². The molecule has 0 aliphatic carbocycles. The Labute approximate surface area is 212 Å². The van der Waals surface area contributed by atoms with E-state index in [2.05, 4.69) is 10.9 Å². The van der Waals surface area contributed by atoms with Crippen LogP contribution in [0.4, 0.5) is 4.79 Å². The molecule has 2 atom stereocenters. The van der Waals surface area contributed by atoms with Crippen LogP contribution in [0.5, 0.6) is 5.75 Å². The van der Waals surface area contributed by atoms with Crippen molar-refractivity contribution < 1.29 is 14.3 Å². The van der Waals surface area contributed by atoms with Crippen molar-refractivity contribution in [1.82, 2.24) is 19.7 Å². The van der Waals surface area contributed by atoms with Crippen molar-refractivity contribution in [2.45, 2.75) is 38.3 Å². The Kier molecular flexibility index (Phi) is 6.23. The number of aromatic amines is 1. The van der Waals surface area contributed by atoms with Crippen LogP contribution in [0.1, 0.15) is 43.1 Å². The lowest BCUT2D eigenvalue weighted by atomic mass is 9.81. The van der Waals surface area contributed by atoms with Gasteiger partial charge in [-0.3, -0.25) is 19.5 Å². The summed E-state index contributed by atoms with van der Waals surface area (Å²) < 4.78 is 5.76. The smallest absolute Gasteiger partial charge is 0.328 e. The highest BCUT2D eigenvalue weighted by atomic mass is 16.5. The van der Waals surface area contributed by atoms with E-state index in [1.165, 1.54) is 4.90 Å². The number of H-pyrrole nitrogens is 1. The number of rotatable bonds is 8. The summed E-state index contributed by atoms with van der Waals surface area (Å²) in [5.41, 5.74) is 2.99. The lowest BCUT2D eigenvalue weighted by Gasteiger charge is -2.42. The number of aromatic nitrogens is 1. The Morgan fingerprint density at radius 1 is 1.22 bits per heavy atom. The van der Waals surface area contributed by atoms with Gasteiger partial charge in [-0.05, 0) is 56.6 Å². The van der Waals surface area contributed by atoms with E-state index in [0.29, 0.717) is 39.1 Å². The molecule has 2 aliphatic heterocycles. The molecule has 2 aromatic carbocycles. The molecule has 5 rings (SSSR count). The van der Waals surface area contributed by atoms with E-state index in [-0.39, 0.29) is 11.9 Å². The second-order valence-corrected chi connectivity index (χ2v) is 9.83. The molecule has 2 aliphatic rings. The zero-order valence-electron chi connectivity index (χ0n) is 21.1. The van der Waals surface area contributed by atoms with Crippen molar-refractivity contribution >= 4 is 22.8 Å². The average molecular weight is 485 g/mol. The van der Waals surface area contributed by atoms with Gasteiger partial charge in [0.1, 0.15) is 17.3 Å². The maximum Gasteiger partial charge on any atom is 0.328 e. The average Bonchev–Trinajstić information content (AvgIpc) is 3.31. The monoisotopic (exact) mass is 484 g/mol. The van der Waals surface area contributed by atoms with Crippen molar-refractivity contribution in [3.63, 3.8) is 0 Å². The number of ether oxygens (including phenoxy) is 1. The summed E-state index contributed by atoms with van der Waals surface area (Å²) >= 11 is 0. The topological polar surface area (TPSA) is 68.9 Å². The Morgan fingerprint density at radius 3 is 2.72 bits per heavy atom. The Morgan fingerprint density at radius 2 is 2.00 bits per heavy atom. The third-order valence-electron chi connectivity index (χ3n) is 7.35. The fourth-order valence-electron chi connectivity index (χ4n) is 5.66. The van der Waals surface area contributed by atoms with Crippen LogP contribution in [-0.4, -0.2) is 70.4 Å². The minimum atomic E-state index is -0.980. The number of fused-ring (bicyclic) bond motifs is 4. The molecule has 0 radical (unpaired) electrons. The zero-order valence-corrected chi connectivity index (χ0v) is 21.1. The van der Waals surface area contributed by atoms with Gasteiger partial charge in [0.2, 0.25) is 0 Å². The van der Waals surface area contributed by atoms with E-state index >= 15 is 0 Å². The molecule has 3 aromatic rings. The van der Waals surface area contributed by atoms with Crippen molar-refractivity contribution in [3.05, 3.63) is 65.4 Å². The molecule has 1 aromatic heterocycles. The third-order valence-corrected chi connectivity index (χ3v) is 7.35. The van der Waals surface area contributed by atoms with Crippen molar-refractivity contribution in [3.8, 4) is 18.1 Å². The van der Waals surface area contributed by atoms with Gasteiger partial charge in [-0.1, -0.05) is 36.3 Å². The van der Waals surface area contributed by atoms with E-state index in [0.717, 1.165) is 33.5 Å². The molecule has 0 bridgehead atoms. The molecule has 7 heteroatoms. The zero-order chi connectivity index (χ0) is 25.4. The van der Waals surface area contributed by atoms with Crippen LogP contribution in [0.2, 0.25) is 0 Å². The molecular formula is C29H32N4O3. The van der Waals surface area contributed by atoms with Gasteiger partial charge in [0.05, 0.1) is 13.2 Å². The van der Waals surface area contributed by atoms with Crippen molar-refractivity contribution in [2.75, 3.05) is 33.3 Å². The van der Waals surface area contributed by atoms with E-state index in [4.69, 9.17) is 11.2 Å². The van der Waals surface area contributed by atoms with Gasteiger partial charge in [0, 0.05) is 36.1 Å². The standard InChI is InChI=1S/C29H32N4O3/c1-5-15-31(4)16-10-17-32-27(34)29(3)19-23-22-18-21(36-6-2)13-14-24(22)30-25(23)26(33(29)28(32)35)20-11-8-7-9-12-20/h1,7-9,11-14,18,26,30H,6,10,15-17,19H2,2-4H3/t26-,29+/m1/s1. The Hall–Kier alpha value is -3.76. The first-order valence-corrected chi connectivity index (χ1v) is 12.5. The van der Waals surface area contributed by atoms with Crippen LogP contribution in [0, 0.1) is 12.3 Å². The molecule has 1 N–H and O–H groups in total. The predicted molar refractivity (Wildman–Crippen MR) is 140 cm³/mol. The molecular weight excluding hydrogens is 452 g/mol. The van der Waals surface area contributed by atoms with Gasteiger partial charge in [-0.2, -0.15) is 0 Å². The highest BCUT2D eigenvalue weighted by molar-refractivity contribution is 6.08. The number of terminal acetylenes is 1. The predicted octanol–water partition coefficient (Wildman–Crippen LogP) is 4.19. The van der Waals surface area contributed by atoms with Gasteiger partial charge >= 0.3 is 6.03 Å². The number of carbonyl (C=O) groups excluding carboxylic acids is 2. The number of benzene rings is 2. The molecule has 0 spiro atoms. The SMILES string of the molecule is C#CCN(C)CCCN1C(=O)N2[C@H](c3ccccc3)c3[nH]c4ccc(OCC)cc4c3C[C@@]2(C)C1=O. The van der Waals surface area contributed by atoms with Crippen LogP contribution in [-0.2, 0) is 11.2 Å². The van der Waals surface area contributed by atoms with Crippen LogP contribution in [0.25, 0.3) is 10.9 Å². The molecule has 7 nitrogen and oxygen atoms in total.